The van der Waals surface area contributed by atoms with Gasteiger partial charge in [0.15, 0.2) is 18.9 Å². The molecule has 0 amide bonds. The first-order valence-corrected chi connectivity index (χ1v) is 15.0. The summed E-state index contributed by atoms with van der Waals surface area (Å²) in [5.74, 6) is 0. The van der Waals surface area contributed by atoms with Crippen LogP contribution in [0.5, 0.6) is 0 Å². The van der Waals surface area contributed by atoms with E-state index in [0.29, 0.717) is 0 Å². The van der Waals surface area contributed by atoms with Crippen molar-refractivity contribution >= 4 is 0 Å². The maximum absolute atomic E-state index is 11.1. The molecule has 0 aromatic carbocycles. The van der Waals surface area contributed by atoms with Crippen molar-refractivity contribution in [3.8, 4) is 0 Å². The highest BCUT2D eigenvalue weighted by Crippen LogP contribution is 2.35. The van der Waals surface area contributed by atoms with Gasteiger partial charge >= 0.3 is 0 Å². The Hall–Kier alpha value is -0.800. The standard InChI is InChI=1S/C26H46O20/c1-2-7-22(23(14(33)10(5-29)40-7)46-25-19(38)16(35)13(32)9(4-28)42-25)45-26-20(39)17(36)21(11(6-30)43-26)44-24-18(37)15(34)12(31)8(3-27)41-24/h7-39H,2-6H2,1H3/t7-,8+,9+,10+,11+,12+,13+,14+,15-,16-,17+,18+,19+,20+,21+,22-,23-,24-,25-,26-/m0/s1. The molecule has 20 heteroatoms. The second kappa shape index (κ2) is 16.3. The molecule has 4 heterocycles. The van der Waals surface area contributed by atoms with Gasteiger partial charge in [-0.25, -0.2) is 0 Å². The lowest BCUT2D eigenvalue weighted by molar-refractivity contribution is -0.384. The van der Waals surface area contributed by atoms with Gasteiger partial charge in [-0.2, -0.15) is 0 Å². The van der Waals surface area contributed by atoms with Crippen LogP contribution in [0.1, 0.15) is 13.3 Å². The maximum atomic E-state index is 11.1. The molecular formula is C26H46O20. The molecule has 0 unspecified atom stereocenters. The largest absolute Gasteiger partial charge is 0.394 e. The zero-order valence-corrected chi connectivity index (χ0v) is 24.8. The molecule has 0 bridgehead atoms. The Morgan fingerprint density at radius 2 is 0.739 bits per heavy atom. The lowest BCUT2D eigenvalue weighted by atomic mass is 9.92. The molecule has 0 saturated carbocycles. The van der Waals surface area contributed by atoms with E-state index in [0.717, 1.165) is 0 Å². The lowest BCUT2D eigenvalue weighted by Gasteiger charge is -2.50. The first-order chi connectivity index (χ1) is 21.8. The molecule has 0 spiro atoms. The summed E-state index contributed by atoms with van der Waals surface area (Å²) in [5, 5.41) is 133. The van der Waals surface area contributed by atoms with Gasteiger partial charge in [0.2, 0.25) is 0 Å². The van der Waals surface area contributed by atoms with Crippen molar-refractivity contribution in [2.45, 2.75) is 136 Å². The molecule has 4 aliphatic rings. The summed E-state index contributed by atoms with van der Waals surface area (Å²) >= 11 is 0. The summed E-state index contributed by atoms with van der Waals surface area (Å²) in [6.45, 7) is -1.44. The molecular weight excluding hydrogens is 632 g/mol. The minimum atomic E-state index is -1.96. The molecule has 4 saturated heterocycles. The third kappa shape index (κ3) is 7.51. The summed E-state index contributed by atoms with van der Waals surface area (Å²) in [6.07, 6.45) is -32.6. The second-order valence-corrected chi connectivity index (χ2v) is 11.7. The topological polar surface area (TPSA) is 328 Å². The third-order valence-electron chi connectivity index (χ3n) is 8.73. The number of ether oxygens (including phenoxy) is 7. The van der Waals surface area contributed by atoms with Crippen LogP contribution in [-0.2, 0) is 33.2 Å². The number of aliphatic hydroxyl groups excluding tert-OH is 13. The van der Waals surface area contributed by atoms with E-state index in [2.05, 4.69) is 0 Å². The summed E-state index contributed by atoms with van der Waals surface area (Å²) in [6, 6.07) is 0. The highest BCUT2D eigenvalue weighted by atomic mass is 16.8. The van der Waals surface area contributed by atoms with Gasteiger partial charge in [0.25, 0.3) is 0 Å². The maximum Gasteiger partial charge on any atom is 0.187 e. The Morgan fingerprint density at radius 3 is 1.17 bits per heavy atom. The third-order valence-corrected chi connectivity index (χ3v) is 8.73. The molecule has 4 aliphatic heterocycles. The summed E-state index contributed by atoms with van der Waals surface area (Å²) in [7, 11) is 0. The fourth-order valence-electron chi connectivity index (χ4n) is 5.96. The Labute approximate surface area is 262 Å². The molecule has 13 N–H and O–H groups in total. The number of hydrogen-bond donors (Lipinski definition) is 13. The van der Waals surface area contributed by atoms with Crippen molar-refractivity contribution in [1.29, 1.82) is 0 Å². The molecule has 4 fully saturated rings. The molecule has 0 aromatic heterocycles. The Morgan fingerprint density at radius 1 is 0.370 bits per heavy atom. The van der Waals surface area contributed by atoms with Crippen LogP contribution >= 0.6 is 0 Å². The van der Waals surface area contributed by atoms with E-state index < -0.39 is 149 Å². The zero-order valence-electron chi connectivity index (χ0n) is 24.8. The van der Waals surface area contributed by atoms with Gasteiger partial charge < -0.3 is 99.5 Å². The van der Waals surface area contributed by atoms with E-state index in [1.165, 1.54) is 0 Å². The average Bonchev–Trinajstić information content (AvgIpc) is 3.05. The minimum absolute atomic E-state index is 0.153. The van der Waals surface area contributed by atoms with E-state index in [-0.39, 0.29) is 6.42 Å². The second-order valence-electron chi connectivity index (χ2n) is 11.7. The Balaban J connectivity index is 1.54. The van der Waals surface area contributed by atoms with E-state index in [1.54, 1.807) is 6.92 Å². The van der Waals surface area contributed by atoms with Crippen LogP contribution in [0.15, 0.2) is 0 Å². The molecule has 20 atom stereocenters. The number of rotatable bonds is 11. The molecule has 270 valence electrons. The van der Waals surface area contributed by atoms with Gasteiger partial charge in [0.05, 0.1) is 32.5 Å². The first-order valence-electron chi connectivity index (χ1n) is 15.0. The summed E-state index contributed by atoms with van der Waals surface area (Å²) < 4.78 is 39.4. The monoisotopic (exact) mass is 678 g/mol. The van der Waals surface area contributed by atoms with Gasteiger partial charge in [0.1, 0.15) is 97.7 Å². The molecule has 0 aromatic rings. The number of hydrogen-bond acceptors (Lipinski definition) is 20. The molecule has 0 radical (unpaired) electrons. The van der Waals surface area contributed by atoms with Gasteiger partial charge in [0, 0.05) is 0 Å². The van der Waals surface area contributed by atoms with Gasteiger partial charge in [-0.3, -0.25) is 0 Å². The number of aliphatic hydroxyl groups is 13. The summed E-state index contributed by atoms with van der Waals surface area (Å²) in [5.41, 5.74) is 0. The first kappa shape index (κ1) is 38.0. The smallest absolute Gasteiger partial charge is 0.187 e. The van der Waals surface area contributed by atoms with Crippen LogP contribution < -0.4 is 0 Å². The highest BCUT2D eigenvalue weighted by molar-refractivity contribution is 4.99. The van der Waals surface area contributed by atoms with E-state index in [9.17, 15) is 66.4 Å². The predicted octanol–water partition coefficient (Wildman–Crippen LogP) is -8.29. The minimum Gasteiger partial charge on any atom is -0.394 e. The van der Waals surface area contributed by atoms with Crippen molar-refractivity contribution in [2.75, 3.05) is 26.4 Å². The lowest BCUT2D eigenvalue weighted by Crippen LogP contribution is -2.67. The quantitative estimate of drug-likeness (QED) is 0.0964. The molecule has 46 heavy (non-hydrogen) atoms. The van der Waals surface area contributed by atoms with Crippen molar-refractivity contribution < 1.29 is 99.5 Å². The predicted molar refractivity (Wildman–Crippen MR) is 142 cm³/mol. The van der Waals surface area contributed by atoms with Crippen LogP contribution in [0.3, 0.4) is 0 Å². The van der Waals surface area contributed by atoms with E-state index in [4.69, 9.17) is 33.2 Å². The highest BCUT2D eigenvalue weighted by Gasteiger charge is 2.55. The fraction of sp³-hybridized carbons (Fsp3) is 1.00. The average molecular weight is 679 g/mol. The van der Waals surface area contributed by atoms with Crippen molar-refractivity contribution in [1.82, 2.24) is 0 Å². The van der Waals surface area contributed by atoms with Gasteiger partial charge in [-0.15, -0.1) is 0 Å². The Bertz CT molecular complexity index is 928. The van der Waals surface area contributed by atoms with Crippen molar-refractivity contribution in [3.05, 3.63) is 0 Å². The molecule has 20 nitrogen and oxygen atoms in total. The normalized spacial score (nSPS) is 52.0. The SMILES string of the molecule is CC[C@@H]1O[C@H](CO)[C@@H](O)[C@H](O[C@@H]2O[C@H](CO)[C@@H](O)[C@H](O)[C@H]2O)[C@H]1O[C@@H]1O[C@H](CO)[C@@H](O[C@@H]2O[C@H](CO)[C@@H](O)[C@H](O)[C@H]2O)[C@H](O)[C@H]1O. The van der Waals surface area contributed by atoms with E-state index >= 15 is 0 Å². The van der Waals surface area contributed by atoms with Crippen molar-refractivity contribution in [3.63, 3.8) is 0 Å². The van der Waals surface area contributed by atoms with Crippen LogP contribution in [0.4, 0.5) is 0 Å². The van der Waals surface area contributed by atoms with E-state index in [1.807, 2.05) is 0 Å². The molecule has 0 aliphatic carbocycles. The van der Waals surface area contributed by atoms with Crippen LogP contribution in [0.25, 0.3) is 0 Å². The van der Waals surface area contributed by atoms with Crippen LogP contribution in [0, 0.1) is 0 Å². The van der Waals surface area contributed by atoms with Crippen molar-refractivity contribution in [2.24, 2.45) is 0 Å². The van der Waals surface area contributed by atoms with Gasteiger partial charge in [-0.05, 0) is 6.42 Å². The summed E-state index contributed by atoms with van der Waals surface area (Å²) in [4.78, 5) is 0. The van der Waals surface area contributed by atoms with Crippen LogP contribution in [-0.4, -0.2) is 215 Å². The van der Waals surface area contributed by atoms with Crippen LogP contribution in [0.2, 0.25) is 0 Å². The Kier molecular flexibility index (Phi) is 13.4. The molecule has 4 rings (SSSR count). The fourth-order valence-corrected chi connectivity index (χ4v) is 5.96. The van der Waals surface area contributed by atoms with Gasteiger partial charge in [-0.1, -0.05) is 6.92 Å². The zero-order chi connectivity index (χ0) is 34.0.